The summed E-state index contributed by atoms with van der Waals surface area (Å²) in [7, 11) is 0. The van der Waals surface area contributed by atoms with Crippen LogP contribution in [0.5, 0.6) is 5.75 Å². The van der Waals surface area contributed by atoms with Gasteiger partial charge in [-0.15, -0.1) is 10.2 Å². The van der Waals surface area contributed by atoms with Crippen molar-refractivity contribution >= 4 is 11.6 Å². The third-order valence-corrected chi connectivity index (χ3v) is 3.14. The molecule has 0 unspecified atom stereocenters. The van der Waals surface area contributed by atoms with Crippen LogP contribution in [0.25, 0.3) is 11.5 Å². The Hall–Kier alpha value is -3.22. The van der Waals surface area contributed by atoms with Gasteiger partial charge in [0, 0.05) is 18.2 Å². The van der Waals surface area contributed by atoms with Crippen molar-refractivity contribution < 1.29 is 18.3 Å². The Balaban J connectivity index is 1.57. The zero-order chi connectivity index (χ0) is 16.9. The largest absolute Gasteiger partial charge is 0.481 e. The maximum Gasteiger partial charge on any atom is 0.262 e. The lowest BCUT2D eigenvalue weighted by atomic mass is 10.2. The Morgan fingerprint density at radius 1 is 1.17 bits per heavy atom. The highest BCUT2D eigenvalue weighted by Crippen LogP contribution is 2.20. The van der Waals surface area contributed by atoms with Crippen molar-refractivity contribution in [3.8, 4) is 17.2 Å². The van der Waals surface area contributed by atoms with Crippen LogP contribution in [-0.2, 0) is 4.79 Å². The maximum atomic E-state index is 13.4. The summed E-state index contributed by atoms with van der Waals surface area (Å²) in [4.78, 5) is 11.9. The van der Waals surface area contributed by atoms with Gasteiger partial charge in [-0.3, -0.25) is 4.79 Å². The number of anilines is 1. The van der Waals surface area contributed by atoms with E-state index in [1.807, 2.05) is 0 Å². The monoisotopic (exact) mass is 327 g/mol. The van der Waals surface area contributed by atoms with Gasteiger partial charge < -0.3 is 14.5 Å². The number of amides is 1. The van der Waals surface area contributed by atoms with Crippen LogP contribution in [-0.4, -0.2) is 22.7 Å². The zero-order valence-corrected chi connectivity index (χ0v) is 12.8. The summed E-state index contributed by atoms with van der Waals surface area (Å²) in [5.74, 6) is 0.0276. The second-order valence-electron chi connectivity index (χ2n) is 4.97. The first kappa shape index (κ1) is 15.7. The SMILES string of the molecule is Cc1nnc(-c2ccc(NC(=O)COc3ccccc3F)cc2)o1. The summed E-state index contributed by atoms with van der Waals surface area (Å²) < 4.78 is 23.9. The molecule has 3 rings (SSSR count). The minimum Gasteiger partial charge on any atom is -0.481 e. The van der Waals surface area contributed by atoms with E-state index in [0.29, 0.717) is 17.5 Å². The van der Waals surface area contributed by atoms with Crippen molar-refractivity contribution in [2.75, 3.05) is 11.9 Å². The fraction of sp³-hybridized carbons (Fsp3) is 0.118. The quantitative estimate of drug-likeness (QED) is 0.778. The van der Waals surface area contributed by atoms with Gasteiger partial charge >= 0.3 is 0 Å². The lowest BCUT2D eigenvalue weighted by Crippen LogP contribution is -2.20. The number of hydrogen-bond donors (Lipinski definition) is 1. The average Bonchev–Trinajstić information content (AvgIpc) is 3.01. The molecule has 0 aliphatic carbocycles. The van der Waals surface area contributed by atoms with Crippen LogP contribution in [0.2, 0.25) is 0 Å². The molecule has 1 aromatic heterocycles. The lowest BCUT2D eigenvalue weighted by molar-refractivity contribution is -0.118. The molecule has 1 N–H and O–H groups in total. The Morgan fingerprint density at radius 3 is 2.58 bits per heavy atom. The highest BCUT2D eigenvalue weighted by atomic mass is 19.1. The summed E-state index contributed by atoms with van der Waals surface area (Å²) in [6.07, 6.45) is 0. The fourth-order valence-electron chi connectivity index (χ4n) is 2.01. The Labute approximate surface area is 137 Å². The standard InChI is InChI=1S/C17H14FN3O3/c1-11-20-21-17(24-11)12-6-8-13(9-7-12)19-16(22)10-23-15-5-3-2-4-14(15)18/h2-9H,10H2,1H3,(H,19,22). The molecule has 0 saturated heterocycles. The third-order valence-electron chi connectivity index (χ3n) is 3.14. The summed E-state index contributed by atoms with van der Waals surface area (Å²) in [5.41, 5.74) is 1.33. The minimum atomic E-state index is -0.510. The molecule has 3 aromatic rings. The molecule has 0 aliphatic rings. The van der Waals surface area contributed by atoms with Crippen molar-refractivity contribution in [1.82, 2.24) is 10.2 Å². The molecule has 7 heteroatoms. The fourth-order valence-corrected chi connectivity index (χ4v) is 2.01. The van der Waals surface area contributed by atoms with Crippen LogP contribution in [0.15, 0.2) is 52.9 Å². The predicted molar refractivity (Wildman–Crippen MR) is 85.0 cm³/mol. The van der Waals surface area contributed by atoms with Gasteiger partial charge in [0.1, 0.15) is 0 Å². The molecule has 1 heterocycles. The van der Waals surface area contributed by atoms with E-state index in [2.05, 4.69) is 15.5 Å². The normalized spacial score (nSPS) is 10.4. The van der Waals surface area contributed by atoms with Gasteiger partial charge in [-0.2, -0.15) is 0 Å². The summed E-state index contributed by atoms with van der Waals surface area (Å²) in [6.45, 7) is 1.42. The van der Waals surface area contributed by atoms with Crippen LogP contribution in [0.1, 0.15) is 5.89 Å². The van der Waals surface area contributed by atoms with Crippen LogP contribution >= 0.6 is 0 Å². The molecule has 0 aliphatic heterocycles. The van der Waals surface area contributed by atoms with Crippen LogP contribution in [0.4, 0.5) is 10.1 Å². The van der Waals surface area contributed by atoms with E-state index in [0.717, 1.165) is 5.56 Å². The number of nitrogens with one attached hydrogen (secondary N) is 1. The number of carbonyl (C=O) groups excluding carboxylic acids is 1. The Morgan fingerprint density at radius 2 is 1.92 bits per heavy atom. The first-order valence-corrected chi connectivity index (χ1v) is 7.19. The molecule has 0 saturated carbocycles. The molecule has 0 fully saturated rings. The smallest absolute Gasteiger partial charge is 0.262 e. The van der Waals surface area contributed by atoms with Crippen molar-refractivity contribution in [3.05, 3.63) is 60.2 Å². The highest BCUT2D eigenvalue weighted by molar-refractivity contribution is 5.92. The third kappa shape index (κ3) is 3.75. The molecule has 24 heavy (non-hydrogen) atoms. The first-order chi connectivity index (χ1) is 11.6. The van der Waals surface area contributed by atoms with E-state index < -0.39 is 5.82 Å². The number of rotatable bonds is 5. The van der Waals surface area contributed by atoms with Crippen LogP contribution in [0.3, 0.4) is 0 Å². The number of aryl methyl sites for hydroxylation is 1. The van der Waals surface area contributed by atoms with Gasteiger partial charge in [0.25, 0.3) is 5.91 Å². The van der Waals surface area contributed by atoms with Gasteiger partial charge in [-0.1, -0.05) is 12.1 Å². The van der Waals surface area contributed by atoms with Gasteiger partial charge in [-0.25, -0.2) is 4.39 Å². The van der Waals surface area contributed by atoms with Crippen LogP contribution < -0.4 is 10.1 Å². The van der Waals surface area contributed by atoms with Crippen molar-refractivity contribution in [3.63, 3.8) is 0 Å². The van der Waals surface area contributed by atoms with Gasteiger partial charge in [0.15, 0.2) is 18.2 Å². The molecule has 1 amide bonds. The van der Waals surface area contributed by atoms with Gasteiger partial charge in [0.05, 0.1) is 0 Å². The van der Waals surface area contributed by atoms with E-state index in [1.54, 1.807) is 43.3 Å². The van der Waals surface area contributed by atoms with E-state index in [-0.39, 0.29) is 18.3 Å². The second kappa shape index (κ2) is 6.91. The van der Waals surface area contributed by atoms with E-state index in [9.17, 15) is 9.18 Å². The Bertz CT molecular complexity index is 846. The molecule has 6 nitrogen and oxygen atoms in total. The van der Waals surface area contributed by atoms with Gasteiger partial charge in [0.2, 0.25) is 11.8 Å². The summed E-state index contributed by atoms with van der Waals surface area (Å²) in [5, 5.41) is 10.3. The van der Waals surface area contributed by atoms with Gasteiger partial charge in [-0.05, 0) is 36.4 Å². The first-order valence-electron chi connectivity index (χ1n) is 7.19. The van der Waals surface area contributed by atoms with E-state index >= 15 is 0 Å². The zero-order valence-electron chi connectivity index (χ0n) is 12.8. The maximum absolute atomic E-state index is 13.4. The van der Waals surface area contributed by atoms with Crippen molar-refractivity contribution in [2.45, 2.75) is 6.92 Å². The average molecular weight is 327 g/mol. The number of ether oxygens (including phenoxy) is 1. The minimum absolute atomic E-state index is 0.0368. The van der Waals surface area contributed by atoms with E-state index in [4.69, 9.17) is 9.15 Å². The highest BCUT2D eigenvalue weighted by Gasteiger charge is 2.08. The summed E-state index contributed by atoms with van der Waals surface area (Å²) in [6, 6.07) is 12.8. The molecular formula is C17H14FN3O3. The molecule has 0 radical (unpaired) electrons. The number of hydrogen-bond acceptors (Lipinski definition) is 5. The molecule has 122 valence electrons. The number of aromatic nitrogens is 2. The lowest BCUT2D eigenvalue weighted by Gasteiger charge is -2.08. The van der Waals surface area contributed by atoms with Crippen LogP contribution in [0, 0.1) is 12.7 Å². The molecule has 0 bridgehead atoms. The second-order valence-corrected chi connectivity index (χ2v) is 4.97. The molecular weight excluding hydrogens is 313 g/mol. The molecule has 0 atom stereocenters. The number of carbonyl (C=O) groups is 1. The number of para-hydroxylation sites is 1. The molecule has 0 spiro atoms. The van der Waals surface area contributed by atoms with Crippen molar-refractivity contribution in [2.24, 2.45) is 0 Å². The number of nitrogens with zero attached hydrogens (tertiary/aromatic N) is 2. The number of halogens is 1. The van der Waals surface area contributed by atoms with E-state index in [1.165, 1.54) is 12.1 Å². The topological polar surface area (TPSA) is 77.2 Å². The Kier molecular flexibility index (Phi) is 4.51. The predicted octanol–water partition coefficient (Wildman–Crippen LogP) is 3.20. The summed E-state index contributed by atoms with van der Waals surface area (Å²) >= 11 is 0. The van der Waals surface area contributed by atoms with Crippen molar-refractivity contribution in [1.29, 1.82) is 0 Å². The number of benzene rings is 2. The molecule has 2 aromatic carbocycles.